The molecule has 0 aliphatic rings. The molecule has 0 spiro atoms. The van der Waals surface area contributed by atoms with E-state index in [1.807, 2.05) is 0 Å². The number of aryl methyl sites for hydroxylation is 1. The molecule has 84 valence electrons. The topological polar surface area (TPSA) is 38.0 Å². The molecule has 2 nitrogen and oxygen atoms in total. The van der Waals surface area contributed by atoms with Crippen LogP contribution < -0.4 is 11.1 Å². The van der Waals surface area contributed by atoms with Crippen LogP contribution in [0.15, 0.2) is 24.3 Å². The Morgan fingerprint density at radius 1 is 1.40 bits per heavy atom. The fraction of sp³-hybridized carbons (Fsp3) is 0.538. The second-order valence-corrected chi connectivity index (χ2v) is 4.51. The van der Waals surface area contributed by atoms with Gasteiger partial charge in [-0.25, -0.2) is 0 Å². The number of anilines is 1. The number of rotatable bonds is 5. The quantitative estimate of drug-likeness (QED) is 0.777. The van der Waals surface area contributed by atoms with Crippen molar-refractivity contribution < 1.29 is 0 Å². The Kier molecular flexibility index (Phi) is 4.15. The molecular formula is C13H22N2. The smallest absolute Gasteiger partial charge is 0.0467 e. The van der Waals surface area contributed by atoms with Crippen LogP contribution in [0.3, 0.4) is 0 Å². The van der Waals surface area contributed by atoms with E-state index < -0.39 is 0 Å². The van der Waals surface area contributed by atoms with E-state index in [1.54, 1.807) is 0 Å². The van der Waals surface area contributed by atoms with Crippen molar-refractivity contribution in [2.24, 2.45) is 5.73 Å². The first kappa shape index (κ1) is 12.1. The molecule has 0 bridgehead atoms. The predicted octanol–water partition coefficient (Wildman–Crippen LogP) is 2.92. The molecule has 1 rings (SSSR count). The van der Waals surface area contributed by atoms with Gasteiger partial charge in [-0.2, -0.15) is 0 Å². The zero-order valence-corrected chi connectivity index (χ0v) is 10.0. The van der Waals surface area contributed by atoms with Crippen molar-refractivity contribution in [2.75, 3.05) is 11.9 Å². The maximum atomic E-state index is 5.82. The van der Waals surface area contributed by atoms with Crippen LogP contribution in [0, 0.1) is 6.92 Å². The van der Waals surface area contributed by atoms with Crippen LogP contribution in [0.1, 0.15) is 32.3 Å². The number of nitrogens with one attached hydrogen (secondary N) is 1. The summed E-state index contributed by atoms with van der Waals surface area (Å²) in [5.41, 5.74) is 8.27. The van der Waals surface area contributed by atoms with Crippen LogP contribution in [0.5, 0.6) is 0 Å². The van der Waals surface area contributed by atoms with Crippen molar-refractivity contribution in [3.63, 3.8) is 0 Å². The molecule has 0 radical (unpaired) electrons. The summed E-state index contributed by atoms with van der Waals surface area (Å²) in [6, 6.07) is 8.42. The van der Waals surface area contributed by atoms with Gasteiger partial charge >= 0.3 is 0 Å². The fourth-order valence-corrected chi connectivity index (χ4v) is 1.84. The third-order valence-electron chi connectivity index (χ3n) is 2.72. The lowest BCUT2D eigenvalue weighted by molar-refractivity contribution is 0.476. The van der Waals surface area contributed by atoms with Crippen molar-refractivity contribution in [1.82, 2.24) is 0 Å². The fourth-order valence-electron chi connectivity index (χ4n) is 1.84. The van der Waals surface area contributed by atoms with E-state index >= 15 is 0 Å². The Bertz CT molecular complexity index is 309. The zero-order valence-electron chi connectivity index (χ0n) is 10.0. The van der Waals surface area contributed by atoms with Gasteiger partial charge in [-0.15, -0.1) is 0 Å². The Hall–Kier alpha value is -1.02. The van der Waals surface area contributed by atoms with E-state index in [1.165, 1.54) is 5.56 Å². The largest absolute Gasteiger partial charge is 0.379 e. The third kappa shape index (κ3) is 3.56. The molecule has 2 heteroatoms. The van der Waals surface area contributed by atoms with Crippen molar-refractivity contribution in [1.29, 1.82) is 0 Å². The van der Waals surface area contributed by atoms with Gasteiger partial charge in [0, 0.05) is 17.8 Å². The SMILES string of the molecule is CCCC(C)(CN)Nc1cccc(C)c1. The van der Waals surface area contributed by atoms with Gasteiger partial charge in [-0.3, -0.25) is 0 Å². The molecule has 15 heavy (non-hydrogen) atoms. The number of hydrogen-bond donors (Lipinski definition) is 2. The van der Waals surface area contributed by atoms with E-state index in [9.17, 15) is 0 Å². The molecule has 0 saturated heterocycles. The van der Waals surface area contributed by atoms with Crippen molar-refractivity contribution in [3.8, 4) is 0 Å². The first-order valence-electron chi connectivity index (χ1n) is 5.64. The van der Waals surface area contributed by atoms with E-state index in [0.29, 0.717) is 6.54 Å². The van der Waals surface area contributed by atoms with Crippen molar-refractivity contribution >= 4 is 5.69 Å². The van der Waals surface area contributed by atoms with Gasteiger partial charge in [-0.05, 0) is 38.0 Å². The molecule has 1 atom stereocenters. The first-order valence-corrected chi connectivity index (χ1v) is 5.64. The van der Waals surface area contributed by atoms with E-state index in [2.05, 4.69) is 50.4 Å². The van der Waals surface area contributed by atoms with Crippen LogP contribution in [0.25, 0.3) is 0 Å². The molecule has 3 N–H and O–H groups in total. The molecule has 1 aromatic rings. The van der Waals surface area contributed by atoms with Crippen LogP contribution in [0.2, 0.25) is 0 Å². The second-order valence-electron chi connectivity index (χ2n) is 4.51. The summed E-state index contributed by atoms with van der Waals surface area (Å²) >= 11 is 0. The molecule has 0 aliphatic heterocycles. The highest BCUT2D eigenvalue weighted by molar-refractivity contribution is 5.47. The lowest BCUT2D eigenvalue weighted by Gasteiger charge is -2.30. The number of benzene rings is 1. The Labute approximate surface area is 92.9 Å². The Balaban J connectivity index is 2.74. The van der Waals surface area contributed by atoms with E-state index in [4.69, 9.17) is 5.73 Å². The van der Waals surface area contributed by atoms with Gasteiger partial charge in [0.2, 0.25) is 0 Å². The molecule has 0 saturated carbocycles. The lowest BCUT2D eigenvalue weighted by Crippen LogP contribution is -2.42. The van der Waals surface area contributed by atoms with Gasteiger partial charge < -0.3 is 11.1 Å². The van der Waals surface area contributed by atoms with Crippen LogP contribution in [0.4, 0.5) is 5.69 Å². The van der Waals surface area contributed by atoms with Gasteiger partial charge in [-0.1, -0.05) is 25.5 Å². The highest BCUT2D eigenvalue weighted by Crippen LogP contribution is 2.19. The average molecular weight is 206 g/mol. The molecule has 0 heterocycles. The highest BCUT2D eigenvalue weighted by atomic mass is 15.0. The monoisotopic (exact) mass is 206 g/mol. The normalized spacial score (nSPS) is 14.7. The van der Waals surface area contributed by atoms with Gasteiger partial charge in [0.25, 0.3) is 0 Å². The molecule has 0 aliphatic carbocycles. The molecule has 1 aromatic carbocycles. The standard InChI is InChI=1S/C13H22N2/c1-4-8-13(3,10-14)15-12-7-5-6-11(2)9-12/h5-7,9,15H,4,8,10,14H2,1-3H3. The molecule has 0 fully saturated rings. The van der Waals surface area contributed by atoms with Crippen LogP contribution >= 0.6 is 0 Å². The Morgan fingerprint density at radius 2 is 2.13 bits per heavy atom. The van der Waals surface area contributed by atoms with Crippen molar-refractivity contribution in [2.45, 2.75) is 39.2 Å². The second kappa shape index (κ2) is 5.17. The molecular weight excluding hydrogens is 184 g/mol. The molecule has 1 unspecified atom stereocenters. The highest BCUT2D eigenvalue weighted by Gasteiger charge is 2.20. The van der Waals surface area contributed by atoms with E-state index in [0.717, 1.165) is 18.5 Å². The van der Waals surface area contributed by atoms with Gasteiger partial charge in [0.15, 0.2) is 0 Å². The number of hydrogen-bond acceptors (Lipinski definition) is 2. The average Bonchev–Trinajstić information content (AvgIpc) is 2.18. The minimum atomic E-state index is 0.0164. The third-order valence-corrected chi connectivity index (χ3v) is 2.72. The lowest BCUT2D eigenvalue weighted by atomic mass is 9.96. The van der Waals surface area contributed by atoms with Crippen LogP contribution in [-0.2, 0) is 0 Å². The summed E-state index contributed by atoms with van der Waals surface area (Å²) in [6.45, 7) is 7.13. The maximum Gasteiger partial charge on any atom is 0.0467 e. The number of nitrogens with two attached hydrogens (primary N) is 1. The first-order chi connectivity index (χ1) is 7.09. The summed E-state index contributed by atoms with van der Waals surface area (Å²) < 4.78 is 0. The zero-order chi connectivity index (χ0) is 11.3. The van der Waals surface area contributed by atoms with Gasteiger partial charge in [0.1, 0.15) is 0 Å². The summed E-state index contributed by atoms with van der Waals surface area (Å²) in [5.74, 6) is 0. The van der Waals surface area contributed by atoms with Gasteiger partial charge in [0.05, 0.1) is 0 Å². The maximum absolute atomic E-state index is 5.82. The molecule has 0 amide bonds. The molecule has 0 aromatic heterocycles. The summed E-state index contributed by atoms with van der Waals surface area (Å²) in [6.07, 6.45) is 2.24. The minimum Gasteiger partial charge on any atom is -0.379 e. The Morgan fingerprint density at radius 3 is 2.67 bits per heavy atom. The van der Waals surface area contributed by atoms with Crippen LogP contribution in [-0.4, -0.2) is 12.1 Å². The predicted molar refractivity (Wildman–Crippen MR) is 67.2 cm³/mol. The summed E-state index contributed by atoms with van der Waals surface area (Å²) in [5, 5.41) is 3.52. The minimum absolute atomic E-state index is 0.0164. The summed E-state index contributed by atoms with van der Waals surface area (Å²) in [4.78, 5) is 0. The van der Waals surface area contributed by atoms with Crippen molar-refractivity contribution in [3.05, 3.63) is 29.8 Å². The summed E-state index contributed by atoms with van der Waals surface area (Å²) in [7, 11) is 0. The van der Waals surface area contributed by atoms with E-state index in [-0.39, 0.29) is 5.54 Å².